The van der Waals surface area contributed by atoms with E-state index in [0.717, 1.165) is 6.42 Å². The number of hydrogen-bond acceptors (Lipinski definition) is 0. The van der Waals surface area contributed by atoms with Crippen LogP contribution in [0.5, 0.6) is 0 Å². The summed E-state index contributed by atoms with van der Waals surface area (Å²) < 4.78 is 1.30. The van der Waals surface area contributed by atoms with Crippen LogP contribution >= 0.6 is 15.9 Å². The van der Waals surface area contributed by atoms with Crippen molar-refractivity contribution >= 4 is 22.0 Å². The van der Waals surface area contributed by atoms with Crippen LogP contribution in [0.1, 0.15) is 37.3 Å². The number of allylic oxidation sites excluding steroid dienone is 5. The minimum atomic E-state index is 0.218. The van der Waals surface area contributed by atoms with Gasteiger partial charge in [-0.3, -0.25) is 0 Å². The second-order valence-electron chi connectivity index (χ2n) is 5.78. The van der Waals surface area contributed by atoms with Gasteiger partial charge in [0.25, 0.3) is 0 Å². The lowest BCUT2D eigenvalue weighted by Gasteiger charge is -2.31. The summed E-state index contributed by atoms with van der Waals surface area (Å²) in [5.74, 6) is 0.470. The van der Waals surface area contributed by atoms with Crippen LogP contribution in [0.25, 0.3) is 6.08 Å². The van der Waals surface area contributed by atoms with Crippen LogP contribution in [0.4, 0.5) is 0 Å². The van der Waals surface area contributed by atoms with Gasteiger partial charge in [-0.2, -0.15) is 0 Å². The molecule has 1 aromatic rings. The number of fused-ring (bicyclic) bond motifs is 1. The Morgan fingerprint density at radius 1 is 1.17 bits per heavy atom. The molecule has 0 fully saturated rings. The van der Waals surface area contributed by atoms with Crippen molar-refractivity contribution in [2.75, 3.05) is 0 Å². The van der Waals surface area contributed by atoms with Crippen molar-refractivity contribution < 1.29 is 0 Å². The summed E-state index contributed by atoms with van der Waals surface area (Å²) in [7, 11) is 0. The van der Waals surface area contributed by atoms with E-state index in [-0.39, 0.29) is 5.41 Å². The summed E-state index contributed by atoms with van der Waals surface area (Å²) in [4.78, 5) is 0. The van der Waals surface area contributed by atoms with E-state index in [2.05, 4.69) is 78.3 Å². The maximum absolute atomic E-state index is 3.68. The summed E-state index contributed by atoms with van der Waals surface area (Å²) >= 11 is 3.68. The second-order valence-corrected chi connectivity index (χ2v) is 6.64. The van der Waals surface area contributed by atoms with Gasteiger partial charge in [0.2, 0.25) is 0 Å². The van der Waals surface area contributed by atoms with Crippen LogP contribution in [-0.4, -0.2) is 0 Å². The van der Waals surface area contributed by atoms with E-state index >= 15 is 0 Å². The molecule has 0 saturated carbocycles. The highest BCUT2D eigenvalue weighted by Gasteiger charge is 2.30. The maximum atomic E-state index is 3.68. The lowest BCUT2D eigenvalue weighted by Crippen LogP contribution is -2.17. The van der Waals surface area contributed by atoms with Gasteiger partial charge in [0, 0.05) is 15.8 Å². The number of halogens is 1. The Morgan fingerprint density at radius 2 is 1.94 bits per heavy atom. The Hall–Kier alpha value is -1.08. The molecule has 2 aliphatic carbocycles. The van der Waals surface area contributed by atoms with E-state index in [1.165, 1.54) is 21.2 Å². The molecule has 1 unspecified atom stereocenters. The standard InChI is InChI=1S/C17H17Br/c1-17(2)11-13(8-10-16(17)18)15-9-7-12-5-3-4-6-14(12)15/h3-10,15H,11H2,1-2H3. The molecule has 0 spiro atoms. The fourth-order valence-corrected chi connectivity index (χ4v) is 3.12. The van der Waals surface area contributed by atoms with Crippen molar-refractivity contribution in [1.82, 2.24) is 0 Å². The van der Waals surface area contributed by atoms with Crippen molar-refractivity contribution in [1.29, 1.82) is 0 Å². The summed E-state index contributed by atoms with van der Waals surface area (Å²) in [6, 6.07) is 8.70. The molecular formula is C17H17Br. The van der Waals surface area contributed by atoms with Crippen molar-refractivity contribution in [3.05, 3.63) is 63.7 Å². The van der Waals surface area contributed by atoms with Gasteiger partial charge in [0.05, 0.1) is 0 Å². The van der Waals surface area contributed by atoms with E-state index in [1.54, 1.807) is 0 Å². The Labute approximate surface area is 117 Å². The largest absolute Gasteiger partial charge is 0.0723 e. The van der Waals surface area contributed by atoms with Gasteiger partial charge in [0.15, 0.2) is 0 Å². The van der Waals surface area contributed by atoms with Crippen LogP contribution < -0.4 is 0 Å². The number of benzene rings is 1. The molecule has 1 aromatic carbocycles. The monoisotopic (exact) mass is 300 g/mol. The Morgan fingerprint density at radius 3 is 2.72 bits per heavy atom. The van der Waals surface area contributed by atoms with Crippen LogP contribution in [0.3, 0.4) is 0 Å². The fraction of sp³-hybridized carbons (Fsp3) is 0.294. The van der Waals surface area contributed by atoms with E-state index in [9.17, 15) is 0 Å². The first-order valence-electron chi connectivity index (χ1n) is 6.42. The second kappa shape index (κ2) is 4.24. The van der Waals surface area contributed by atoms with Crippen molar-refractivity contribution in [3.8, 4) is 0 Å². The fourth-order valence-electron chi connectivity index (χ4n) is 2.85. The molecule has 0 nitrogen and oxygen atoms in total. The van der Waals surface area contributed by atoms with Crippen molar-refractivity contribution in [2.24, 2.45) is 5.41 Å². The minimum absolute atomic E-state index is 0.218. The van der Waals surface area contributed by atoms with Crippen LogP contribution in [0.15, 0.2) is 52.5 Å². The van der Waals surface area contributed by atoms with Gasteiger partial charge in [-0.15, -0.1) is 0 Å². The zero-order valence-electron chi connectivity index (χ0n) is 10.8. The molecule has 0 aliphatic heterocycles. The maximum Gasteiger partial charge on any atom is 0.0241 e. The Balaban J connectivity index is 1.98. The zero-order valence-corrected chi connectivity index (χ0v) is 12.4. The molecule has 1 heteroatoms. The molecule has 0 radical (unpaired) electrons. The lowest BCUT2D eigenvalue weighted by molar-refractivity contribution is 0.454. The first-order valence-corrected chi connectivity index (χ1v) is 7.21. The molecule has 0 heterocycles. The van der Waals surface area contributed by atoms with Crippen LogP contribution in [0.2, 0.25) is 0 Å². The highest BCUT2D eigenvalue weighted by atomic mass is 79.9. The normalized spacial score (nSPS) is 24.5. The third-order valence-corrected chi connectivity index (χ3v) is 5.27. The van der Waals surface area contributed by atoms with Gasteiger partial charge < -0.3 is 0 Å². The highest BCUT2D eigenvalue weighted by molar-refractivity contribution is 9.11. The van der Waals surface area contributed by atoms with Gasteiger partial charge >= 0.3 is 0 Å². The quantitative estimate of drug-likeness (QED) is 0.648. The third-order valence-electron chi connectivity index (χ3n) is 3.94. The molecule has 18 heavy (non-hydrogen) atoms. The Bertz CT molecular complexity index is 573. The molecule has 2 aliphatic rings. The van der Waals surface area contributed by atoms with Crippen molar-refractivity contribution in [3.63, 3.8) is 0 Å². The van der Waals surface area contributed by atoms with E-state index in [0.29, 0.717) is 5.92 Å². The van der Waals surface area contributed by atoms with E-state index in [1.807, 2.05) is 0 Å². The molecule has 0 N–H and O–H groups in total. The highest BCUT2D eigenvalue weighted by Crippen LogP contribution is 2.46. The van der Waals surface area contributed by atoms with Gasteiger partial charge in [-0.1, -0.05) is 83.9 Å². The van der Waals surface area contributed by atoms with Crippen LogP contribution in [-0.2, 0) is 0 Å². The Kier molecular flexibility index (Phi) is 2.82. The number of hydrogen-bond donors (Lipinski definition) is 0. The van der Waals surface area contributed by atoms with Crippen LogP contribution in [0, 0.1) is 5.41 Å². The molecular weight excluding hydrogens is 284 g/mol. The number of rotatable bonds is 1. The topological polar surface area (TPSA) is 0 Å². The first-order chi connectivity index (χ1) is 8.58. The molecule has 1 atom stereocenters. The van der Waals surface area contributed by atoms with Gasteiger partial charge in [-0.05, 0) is 17.5 Å². The SMILES string of the molecule is CC1(C)CC(C2C=Cc3ccccc32)=CC=C1Br. The molecule has 0 bridgehead atoms. The van der Waals surface area contributed by atoms with Gasteiger partial charge in [-0.25, -0.2) is 0 Å². The summed E-state index contributed by atoms with van der Waals surface area (Å²) in [5.41, 5.74) is 4.56. The molecule has 0 amide bonds. The first kappa shape index (κ1) is 12.0. The predicted molar refractivity (Wildman–Crippen MR) is 81.7 cm³/mol. The summed E-state index contributed by atoms with van der Waals surface area (Å²) in [6.45, 7) is 4.59. The molecule has 0 saturated heterocycles. The predicted octanol–water partition coefficient (Wildman–Crippen LogP) is 5.43. The molecule has 0 aromatic heterocycles. The van der Waals surface area contributed by atoms with E-state index in [4.69, 9.17) is 0 Å². The smallest absolute Gasteiger partial charge is 0.0241 e. The van der Waals surface area contributed by atoms with Crippen molar-refractivity contribution in [2.45, 2.75) is 26.2 Å². The summed E-state index contributed by atoms with van der Waals surface area (Å²) in [5, 5.41) is 0. The molecule has 3 rings (SSSR count). The zero-order chi connectivity index (χ0) is 12.8. The average Bonchev–Trinajstić information content (AvgIpc) is 2.76. The third kappa shape index (κ3) is 1.91. The van der Waals surface area contributed by atoms with Gasteiger partial charge in [0.1, 0.15) is 0 Å². The summed E-state index contributed by atoms with van der Waals surface area (Å²) in [6.07, 6.45) is 10.2. The molecule has 92 valence electrons. The average molecular weight is 301 g/mol. The van der Waals surface area contributed by atoms with E-state index < -0.39 is 0 Å². The minimum Gasteiger partial charge on any atom is -0.0723 e. The lowest BCUT2D eigenvalue weighted by atomic mass is 9.77.